The molecule has 0 saturated carbocycles. The van der Waals surface area contributed by atoms with Gasteiger partial charge in [0.25, 0.3) is 0 Å². The van der Waals surface area contributed by atoms with E-state index >= 15 is 0 Å². The van der Waals surface area contributed by atoms with Gasteiger partial charge in [-0.05, 0) is 12.1 Å². The Hall–Kier alpha value is -2.32. The molecule has 0 bridgehead atoms. The standard InChI is InChI=1S/C14H14N4O3S/c1-16(8-18-13(20)12(19)17(2)14(18)21)7-11-15-9-5-3-4-6-10(9)22-11/h3-6H,7-8H2,1-2H3/p+1. The lowest BCUT2D eigenvalue weighted by Gasteiger charge is -2.18. The zero-order chi connectivity index (χ0) is 15.9. The lowest BCUT2D eigenvalue weighted by molar-refractivity contribution is -0.901. The first-order chi connectivity index (χ1) is 10.5. The largest absolute Gasteiger partial charge is 0.338 e. The number of hydrogen-bond acceptors (Lipinski definition) is 5. The highest BCUT2D eigenvalue weighted by atomic mass is 32.1. The molecule has 1 aliphatic heterocycles. The molecule has 1 N–H and O–H groups in total. The second-order valence-electron chi connectivity index (χ2n) is 5.25. The van der Waals surface area contributed by atoms with Gasteiger partial charge in [0.1, 0.15) is 11.6 Å². The summed E-state index contributed by atoms with van der Waals surface area (Å²) in [6.45, 7) is 0.720. The van der Waals surface area contributed by atoms with Gasteiger partial charge in [0.05, 0.1) is 17.3 Å². The number of benzene rings is 1. The third-order valence-electron chi connectivity index (χ3n) is 3.47. The minimum Gasteiger partial charge on any atom is -0.314 e. The van der Waals surface area contributed by atoms with Gasteiger partial charge in [0, 0.05) is 7.05 Å². The van der Waals surface area contributed by atoms with E-state index in [0.717, 1.165) is 29.9 Å². The van der Waals surface area contributed by atoms with E-state index in [1.54, 1.807) is 11.3 Å². The summed E-state index contributed by atoms with van der Waals surface area (Å²) < 4.78 is 1.11. The number of hydrogen-bond donors (Lipinski definition) is 1. The number of amides is 4. The Kier molecular flexibility index (Phi) is 3.63. The first kappa shape index (κ1) is 14.6. The summed E-state index contributed by atoms with van der Waals surface area (Å²) in [6.07, 6.45) is 0. The molecule has 7 nitrogen and oxygen atoms in total. The number of thiazole rings is 1. The predicted octanol–water partition coefficient (Wildman–Crippen LogP) is -0.311. The Morgan fingerprint density at radius 1 is 1.18 bits per heavy atom. The van der Waals surface area contributed by atoms with Crippen molar-refractivity contribution in [1.82, 2.24) is 14.8 Å². The summed E-state index contributed by atoms with van der Waals surface area (Å²) in [5.74, 6) is -1.55. The second kappa shape index (κ2) is 5.47. The van der Waals surface area contributed by atoms with Gasteiger partial charge in [-0.25, -0.2) is 14.7 Å². The van der Waals surface area contributed by atoms with E-state index in [9.17, 15) is 14.4 Å². The summed E-state index contributed by atoms with van der Waals surface area (Å²) in [5, 5.41) is 0.928. The SMILES string of the molecule is CN1C(=O)C(=O)N(C[NH+](C)Cc2nc3ccccc3s2)C1=O. The van der Waals surface area contributed by atoms with Gasteiger partial charge in [0.2, 0.25) is 0 Å². The summed E-state index contributed by atoms with van der Waals surface area (Å²) in [6, 6.07) is 7.28. The third kappa shape index (κ3) is 2.46. The summed E-state index contributed by atoms with van der Waals surface area (Å²) in [4.78, 5) is 42.3. The number of imide groups is 2. The van der Waals surface area contributed by atoms with E-state index in [4.69, 9.17) is 0 Å². The van der Waals surface area contributed by atoms with Crippen LogP contribution in [-0.2, 0) is 16.1 Å². The van der Waals surface area contributed by atoms with Crippen LogP contribution in [0.15, 0.2) is 24.3 Å². The molecule has 0 aliphatic carbocycles. The molecular formula is C14H15N4O3S+. The topological polar surface area (TPSA) is 75.0 Å². The van der Waals surface area contributed by atoms with Crippen LogP contribution in [0.25, 0.3) is 10.2 Å². The smallest absolute Gasteiger partial charge is 0.314 e. The highest BCUT2D eigenvalue weighted by Crippen LogP contribution is 2.20. The van der Waals surface area contributed by atoms with Crippen molar-refractivity contribution in [2.24, 2.45) is 0 Å². The van der Waals surface area contributed by atoms with Crippen LogP contribution in [0.3, 0.4) is 0 Å². The molecule has 1 aromatic carbocycles. The van der Waals surface area contributed by atoms with Crippen molar-refractivity contribution in [3.8, 4) is 0 Å². The molecular weight excluding hydrogens is 304 g/mol. The summed E-state index contributed by atoms with van der Waals surface area (Å²) in [7, 11) is 3.17. The van der Waals surface area contributed by atoms with Gasteiger partial charge >= 0.3 is 17.8 Å². The van der Waals surface area contributed by atoms with Crippen molar-refractivity contribution in [2.45, 2.75) is 6.54 Å². The molecule has 0 spiro atoms. The maximum absolute atomic E-state index is 11.8. The van der Waals surface area contributed by atoms with Gasteiger partial charge in [-0.1, -0.05) is 12.1 Å². The summed E-state index contributed by atoms with van der Waals surface area (Å²) in [5.41, 5.74) is 0.943. The zero-order valence-corrected chi connectivity index (χ0v) is 13.0. The van der Waals surface area contributed by atoms with E-state index in [1.165, 1.54) is 7.05 Å². The molecule has 1 aliphatic rings. The molecule has 8 heteroatoms. The molecule has 1 unspecified atom stereocenters. The van der Waals surface area contributed by atoms with Gasteiger partial charge in [-0.15, -0.1) is 11.3 Å². The van der Waals surface area contributed by atoms with Crippen LogP contribution >= 0.6 is 11.3 Å². The predicted molar refractivity (Wildman–Crippen MR) is 80.1 cm³/mol. The molecule has 114 valence electrons. The van der Waals surface area contributed by atoms with Crippen LogP contribution in [0.1, 0.15) is 5.01 Å². The lowest BCUT2D eigenvalue weighted by Crippen LogP contribution is -3.09. The third-order valence-corrected chi connectivity index (χ3v) is 4.51. The number of aromatic nitrogens is 1. The molecule has 3 rings (SSSR count). The van der Waals surface area contributed by atoms with Crippen LogP contribution < -0.4 is 4.90 Å². The van der Waals surface area contributed by atoms with Crippen molar-refractivity contribution in [3.63, 3.8) is 0 Å². The molecule has 1 saturated heterocycles. The van der Waals surface area contributed by atoms with Gasteiger partial charge in [-0.2, -0.15) is 0 Å². The Morgan fingerprint density at radius 2 is 1.91 bits per heavy atom. The first-order valence-corrected chi connectivity index (χ1v) is 7.58. The van der Waals surface area contributed by atoms with Crippen molar-refractivity contribution in [3.05, 3.63) is 29.3 Å². The highest BCUT2D eigenvalue weighted by Gasteiger charge is 2.43. The fourth-order valence-electron chi connectivity index (χ4n) is 2.33. The molecule has 1 atom stereocenters. The zero-order valence-electron chi connectivity index (χ0n) is 12.2. The summed E-state index contributed by atoms with van der Waals surface area (Å²) >= 11 is 1.59. The average molecular weight is 319 g/mol. The number of likely N-dealkylation sites (N-methyl/N-ethyl adjacent to an activating group) is 1. The maximum atomic E-state index is 11.8. The number of urea groups is 1. The molecule has 22 heavy (non-hydrogen) atoms. The Balaban J connectivity index is 1.70. The highest BCUT2D eigenvalue weighted by molar-refractivity contribution is 7.18. The van der Waals surface area contributed by atoms with E-state index in [-0.39, 0.29) is 6.67 Å². The van der Waals surface area contributed by atoms with E-state index in [0.29, 0.717) is 6.54 Å². The monoisotopic (exact) mass is 319 g/mol. The van der Waals surface area contributed by atoms with E-state index < -0.39 is 17.8 Å². The van der Waals surface area contributed by atoms with Crippen LogP contribution in [0.4, 0.5) is 4.79 Å². The normalized spacial score (nSPS) is 16.9. The number of nitrogens with one attached hydrogen (secondary N) is 1. The number of carbonyl (C=O) groups excluding carboxylic acids is 3. The van der Waals surface area contributed by atoms with Crippen molar-refractivity contribution >= 4 is 39.4 Å². The van der Waals surface area contributed by atoms with Crippen molar-refractivity contribution in [2.75, 3.05) is 20.8 Å². The Morgan fingerprint density at radius 3 is 2.55 bits per heavy atom. The minimum atomic E-state index is -0.780. The van der Waals surface area contributed by atoms with Gasteiger partial charge in [-0.3, -0.25) is 14.5 Å². The van der Waals surface area contributed by atoms with Crippen LogP contribution in [0.2, 0.25) is 0 Å². The lowest BCUT2D eigenvalue weighted by atomic mass is 10.3. The number of fused-ring (bicyclic) bond motifs is 1. The molecule has 2 aromatic rings. The average Bonchev–Trinajstić information content (AvgIpc) is 2.98. The number of rotatable bonds is 4. The molecule has 2 heterocycles. The van der Waals surface area contributed by atoms with Crippen molar-refractivity contribution < 1.29 is 19.3 Å². The van der Waals surface area contributed by atoms with Gasteiger partial charge < -0.3 is 4.90 Å². The Labute approximate surface area is 130 Å². The fourth-order valence-corrected chi connectivity index (χ4v) is 3.41. The maximum Gasteiger partial charge on any atom is 0.338 e. The number of quaternary nitrogens is 1. The van der Waals surface area contributed by atoms with Gasteiger partial charge in [0.15, 0.2) is 6.67 Å². The van der Waals surface area contributed by atoms with E-state index in [2.05, 4.69) is 4.98 Å². The van der Waals surface area contributed by atoms with E-state index in [1.807, 2.05) is 31.3 Å². The molecule has 0 radical (unpaired) electrons. The molecule has 4 amide bonds. The van der Waals surface area contributed by atoms with Crippen LogP contribution in [0.5, 0.6) is 0 Å². The van der Waals surface area contributed by atoms with Crippen molar-refractivity contribution in [1.29, 1.82) is 0 Å². The van der Waals surface area contributed by atoms with Crippen LogP contribution in [0, 0.1) is 0 Å². The number of nitrogens with zero attached hydrogens (tertiary/aromatic N) is 3. The molecule has 1 fully saturated rings. The second-order valence-corrected chi connectivity index (χ2v) is 6.36. The first-order valence-electron chi connectivity index (χ1n) is 6.76. The minimum absolute atomic E-state index is 0.143. The molecule has 1 aromatic heterocycles. The quantitative estimate of drug-likeness (QED) is 0.620. The fraction of sp³-hybridized carbons (Fsp3) is 0.286. The number of para-hydroxylation sites is 1. The number of carbonyl (C=O) groups is 3. The Bertz CT molecular complexity index is 739. The van der Waals surface area contributed by atoms with Crippen LogP contribution in [-0.4, -0.2) is 53.4 Å².